The van der Waals surface area contributed by atoms with Gasteiger partial charge in [-0.15, -0.1) is 5.11 Å². The second-order valence-corrected chi connectivity index (χ2v) is 4.51. The maximum atomic E-state index is 5.16. The third-order valence-electron chi connectivity index (χ3n) is 2.82. The van der Waals surface area contributed by atoms with Gasteiger partial charge in [0.1, 0.15) is 0 Å². The predicted molar refractivity (Wildman–Crippen MR) is 73.3 cm³/mol. The van der Waals surface area contributed by atoms with Gasteiger partial charge >= 0.3 is 0 Å². The molecule has 4 nitrogen and oxygen atoms in total. The molecule has 90 valence electrons. The Labute approximate surface area is 107 Å². The molecule has 2 rings (SSSR count). The molecule has 0 bridgehead atoms. The number of anilines is 1. The maximum absolute atomic E-state index is 5.16. The van der Waals surface area contributed by atoms with Crippen molar-refractivity contribution in [2.75, 3.05) is 25.5 Å². The van der Waals surface area contributed by atoms with Gasteiger partial charge in [-0.05, 0) is 31.3 Å². The quantitative estimate of drug-likeness (QED) is 0.771. The van der Waals surface area contributed by atoms with Crippen LogP contribution in [0.4, 0.5) is 5.69 Å². The van der Waals surface area contributed by atoms with Gasteiger partial charge < -0.3 is 9.80 Å². The summed E-state index contributed by atoms with van der Waals surface area (Å²) in [6.07, 6.45) is -0.0626. The summed E-state index contributed by atoms with van der Waals surface area (Å²) in [5.41, 5.74) is 2.29. The Morgan fingerprint density at radius 3 is 2.82 bits per heavy atom. The van der Waals surface area contributed by atoms with E-state index in [0.29, 0.717) is 5.11 Å². The highest BCUT2D eigenvalue weighted by Gasteiger charge is 2.26. The lowest BCUT2D eigenvalue weighted by molar-refractivity contribution is 0.364. The molecule has 0 aromatic heterocycles. The van der Waals surface area contributed by atoms with E-state index in [-0.39, 0.29) is 6.17 Å². The minimum atomic E-state index is -0.0626. The molecule has 1 aliphatic heterocycles. The number of rotatable bonds is 3. The standard InChI is InChI=1S/C12H16N4S/c1-4-16-11(13-14-12(16)17)9-6-5-7-10(8-9)15(2)3/h5-8,11H,4H2,1-3H3. The molecule has 0 N–H and O–H groups in total. The number of azo groups is 1. The summed E-state index contributed by atoms with van der Waals surface area (Å²) in [5.74, 6) is 0. The summed E-state index contributed by atoms with van der Waals surface area (Å²) in [4.78, 5) is 4.09. The fourth-order valence-electron chi connectivity index (χ4n) is 1.85. The van der Waals surface area contributed by atoms with E-state index < -0.39 is 0 Å². The first-order valence-corrected chi connectivity index (χ1v) is 6.03. The maximum Gasteiger partial charge on any atom is 0.218 e. The Balaban J connectivity index is 2.31. The fraction of sp³-hybridized carbons (Fsp3) is 0.417. The van der Waals surface area contributed by atoms with Crippen molar-refractivity contribution < 1.29 is 0 Å². The summed E-state index contributed by atoms with van der Waals surface area (Å²) >= 11 is 5.16. The van der Waals surface area contributed by atoms with Gasteiger partial charge in [0, 0.05) is 31.9 Å². The van der Waals surface area contributed by atoms with Gasteiger partial charge in [-0.2, -0.15) is 5.11 Å². The molecule has 0 aliphatic carbocycles. The Hall–Kier alpha value is -1.49. The predicted octanol–water partition coefficient (Wildman–Crippen LogP) is 2.82. The van der Waals surface area contributed by atoms with Crippen LogP contribution in [0.5, 0.6) is 0 Å². The summed E-state index contributed by atoms with van der Waals surface area (Å²) in [7, 11) is 4.05. The van der Waals surface area contributed by atoms with Gasteiger partial charge in [0.15, 0.2) is 6.17 Å². The first kappa shape index (κ1) is 12.0. The molecule has 5 heteroatoms. The molecular formula is C12H16N4S. The van der Waals surface area contributed by atoms with Crippen molar-refractivity contribution in [1.82, 2.24) is 4.90 Å². The average Bonchev–Trinajstić information content (AvgIpc) is 2.70. The first-order chi connectivity index (χ1) is 8.13. The molecule has 0 amide bonds. The molecule has 1 aromatic carbocycles. The van der Waals surface area contributed by atoms with Crippen molar-refractivity contribution in [3.8, 4) is 0 Å². The van der Waals surface area contributed by atoms with Crippen LogP contribution >= 0.6 is 12.2 Å². The lowest BCUT2D eigenvalue weighted by Crippen LogP contribution is -2.27. The fourth-order valence-corrected chi connectivity index (χ4v) is 2.12. The van der Waals surface area contributed by atoms with E-state index in [1.807, 2.05) is 25.1 Å². The van der Waals surface area contributed by atoms with E-state index >= 15 is 0 Å². The normalized spacial score (nSPS) is 18.9. The molecule has 1 aliphatic rings. The van der Waals surface area contributed by atoms with Crippen LogP contribution in [0.25, 0.3) is 0 Å². The van der Waals surface area contributed by atoms with Crippen molar-refractivity contribution in [2.24, 2.45) is 10.2 Å². The van der Waals surface area contributed by atoms with Crippen LogP contribution in [-0.2, 0) is 0 Å². The highest BCUT2D eigenvalue weighted by molar-refractivity contribution is 7.80. The zero-order valence-corrected chi connectivity index (χ0v) is 11.1. The van der Waals surface area contributed by atoms with Crippen LogP contribution in [0.15, 0.2) is 34.5 Å². The van der Waals surface area contributed by atoms with Crippen LogP contribution in [0.2, 0.25) is 0 Å². The van der Waals surface area contributed by atoms with Crippen LogP contribution in [0.1, 0.15) is 18.7 Å². The van der Waals surface area contributed by atoms with E-state index in [2.05, 4.69) is 40.3 Å². The van der Waals surface area contributed by atoms with Crippen LogP contribution < -0.4 is 4.90 Å². The van der Waals surface area contributed by atoms with Crippen LogP contribution in [0.3, 0.4) is 0 Å². The zero-order valence-electron chi connectivity index (χ0n) is 10.3. The Bertz CT molecular complexity index is 456. The molecule has 0 saturated carbocycles. The van der Waals surface area contributed by atoms with Crippen LogP contribution in [-0.4, -0.2) is 30.7 Å². The van der Waals surface area contributed by atoms with Gasteiger partial charge in [0.2, 0.25) is 5.11 Å². The molecule has 0 fully saturated rings. The van der Waals surface area contributed by atoms with Gasteiger partial charge in [0.05, 0.1) is 0 Å². The van der Waals surface area contributed by atoms with Gasteiger partial charge in [-0.25, -0.2) is 0 Å². The van der Waals surface area contributed by atoms with Crippen molar-refractivity contribution in [1.29, 1.82) is 0 Å². The third kappa shape index (κ3) is 2.29. The summed E-state index contributed by atoms with van der Waals surface area (Å²) in [5, 5.41) is 8.80. The largest absolute Gasteiger partial charge is 0.378 e. The Morgan fingerprint density at radius 1 is 1.41 bits per heavy atom. The molecule has 0 radical (unpaired) electrons. The molecule has 1 heterocycles. The topological polar surface area (TPSA) is 31.2 Å². The Morgan fingerprint density at radius 2 is 2.18 bits per heavy atom. The van der Waals surface area contributed by atoms with E-state index in [9.17, 15) is 0 Å². The molecule has 0 saturated heterocycles. The molecule has 1 unspecified atom stereocenters. The number of hydrogen-bond acceptors (Lipinski definition) is 3. The molecule has 17 heavy (non-hydrogen) atoms. The lowest BCUT2D eigenvalue weighted by atomic mass is 10.1. The van der Waals surface area contributed by atoms with Gasteiger partial charge in [-0.3, -0.25) is 0 Å². The molecule has 0 spiro atoms. The van der Waals surface area contributed by atoms with Crippen molar-refractivity contribution in [3.05, 3.63) is 29.8 Å². The SMILES string of the molecule is CCN1C(=S)N=NC1c1cccc(N(C)C)c1. The first-order valence-electron chi connectivity index (χ1n) is 5.62. The van der Waals surface area contributed by atoms with Crippen molar-refractivity contribution >= 4 is 23.0 Å². The van der Waals surface area contributed by atoms with Crippen LogP contribution in [0, 0.1) is 0 Å². The molecule has 1 atom stereocenters. The van der Waals surface area contributed by atoms with E-state index in [1.54, 1.807) is 0 Å². The monoisotopic (exact) mass is 248 g/mol. The van der Waals surface area contributed by atoms with Crippen molar-refractivity contribution in [2.45, 2.75) is 13.1 Å². The zero-order chi connectivity index (χ0) is 12.4. The molecule has 1 aromatic rings. The Kier molecular flexibility index (Phi) is 3.38. The highest BCUT2D eigenvalue weighted by atomic mass is 32.1. The number of thiocarbonyl (C=S) groups is 1. The lowest BCUT2D eigenvalue weighted by Gasteiger charge is -2.22. The minimum Gasteiger partial charge on any atom is -0.378 e. The average molecular weight is 248 g/mol. The third-order valence-corrected chi connectivity index (χ3v) is 3.14. The van der Waals surface area contributed by atoms with E-state index in [1.165, 1.54) is 0 Å². The smallest absolute Gasteiger partial charge is 0.218 e. The van der Waals surface area contributed by atoms with Gasteiger partial charge in [0.25, 0.3) is 0 Å². The van der Waals surface area contributed by atoms with Gasteiger partial charge in [-0.1, -0.05) is 12.1 Å². The summed E-state index contributed by atoms with van der Waals surface area (Å²) in [6, 6.07) is 8.30. The minimum absolute atomic E-state index is 0.0626. The number of nitrogens with zero attached hydrogens (tertiary/aromatic N) is 4. The van der Waals surface area contributed by atoms with Crippen molar-refractivity contribution in [3.63, 3.8) is 0 Å². The highest BCUT2D eigenvalue weighted by Crippen LogP contribution is 2.30. The summed E-state index contributed by atoms with van der Waals surface area (Å²) < 4.78 is 0. The van der Waals surface area contributed by atoms with E-state index in [4.69, 9.17) is 12.2 Å². The number of benzene rings is 1. The second-order valence-electron chi connectivity index (χ2n) is 4.15. The second kappa shape index (κ2) is 4.79. The summed E-state index contributed by atoms with van der Waals surface area (Å²) in [6.45, 7) is 2.88. The van der Waals surface area contributed by atoms with E-state index in [0.717, 1.165) is 17.8 Å². The molecular weight excluding hydrogens is 232 g/mol. The number of hydrogen-bond donors (Lipinski definition) is 0.